The van der Waals surface area contributed by atoms with Crippen LogP contribution in [-0.4, -0.2) is 44.7 Å². The van der Waals surface area contributed by atoms with E-state index in [2.05, 4.69) is 10.1 Å². The number of hydrogen-bond acceptors (Lipinski definition) is 4. The molecular weight excluding hydrogens is 290 g/mol. The average Bonchev–Trinajstić information content (AvgIpc) is 3.12. The van der Waals surface area contributed by atoms with Gasteiger partial charge in [0.2, 0.25) is 5.91 Å². The van der Waals surface area contributed by atoms with E-state index in [4.69, 9.17) is 5.73 Å². The summed E-state index contributed by atoms with van der Waals surface area (Å²) in [6.07, 6.45) is 9.35. The first-order valence-electron chi connectivity index (χ1n) is 7.61. The van der Waals surface area contributed by atoms with Crippen LogP contribution in [0.2, 0.25) is 0 Å². The Balaban J connectivity index is 0.00000161. The minimum absolute atomic E-state index is 0. The maximum Gasteiger partial charge on any atom is 0.222 e. The number of hydrogen-bond donors (Lipinski definition) is 1. The Kier molecular flexibility index (Phi) is 5.58. The average molecular weight is 314 g/mol. The first kappa shape index (κ1) is 16.2. The second-order valence-corrected chi connectivity index (χ2v) is 6.07. The molecule has 1 saturated heterocycles. The van der Waals surface area contributed by atoms with E-state index in [9.17, 15) is 4.79 Å². The molecule has 3 rings (SSSR count). The minimum Gasteiger partial charge on any atom is -0.341 e. The third-order valence-corrected chi connectivity index (χ3v) is 4.71. The zero-order valence-corrected chi connectivity index (χ0v) is 13.0. The number of halogens is 1. The molecule has 1 aliphatic heterocycles. The van der Waals surface area contributed by atoms with E-state index in [0.29, 0.717) is 12.3 Å². The van der Waals surface area contributed by atoms with Gasteiger partial charge in [-0.05, 0) is 31.6 Å². The Bertz CT molecular complexity index is 452. The highest BCUT2D eigenvalue weighted by atomic mass is 35.5. The van der Waals surface area contributed by atoms with Crippen molar-refractivity contribution in [1.82, 2.24) is 19.7 Å². The van der Waals surface area contributed by atoms with Crippen LogP contribution in [-0.2, 0) is 4.79 Å². The summed E-state index contributed by atoms with van der Waals surface area (Å²) in [7, 11) is 0. The van der Waals surface area contributed by atoms with Crippen molar-refractivity contribution in [3.8, 4) is 0 Å². The molecule has 0 spiro atoms. The molecule has 2 aliphatic rings. The third kappa shape index (κ3) is 3.74. The number of carbonyl (C=O) groups is 1. The van der Waals surface area contributed by atoms with Gasteiger partial charge in [0.25, 0.3) is 0 Å². The number of aromatic nitrogens is 3. The number of rotatable bonds is 3. The summed E-state index contributed by atoms with van der Waals surface area (Å²) in [6, 6.07) is 0.488. The van der Waals surface area contributed by atoms with E-state index in [0.717, 1.165) is 38.8 Å². The van der Waals surface area contributed by atoms with Crippen LogP contribution in [0.5, 0.6) is 0 Å². The molecule has 1 unspecified atom stereocenters. The standard InChI is InChI=1S/C14H23N5O.ClH/c15-13-5-1-3-11(13)7-14(20)18-6-2-4-12(8-18)19-10-16-9-17-19;/h9-13H,1-8,15H2;1H/t11-,12?,13+;/m0./s1. The molecule has 7 heteroatoms. The van der Waals surface area contributed by atoms with Crippen LogP contribution < -0.4 is 5.73 Å². The van der Waals surface area contributed by atoms with Crippen LogP contribution in [0.3, 0.4) is 0 Å². The van der Waals surface area contributed by atoms with E-state index in [1.54, 1.807) is 12.7 Å². The summed E-state index contributed by atoms with van der Waals surface area (Å²) >= 11 is 0. The van der Waals surface area contributed by atoms with E-state index >= 15 is 0 Å². The van der Waals surface area contributed by atoms with Crippen molar-refractivity contribution < 1.29 is 4.79 Å². The molecule has 21 heavy (non-hydrogen) atoms. The minimum atomic E-state index is 0. The third-order valence-electron chi connectivity index (χ3n) is 4.71. The maximum atomic E-state index is 12.4. The molecular formula is C14H24ClN5O. The van der Waals surface area contributed by atoms with E-state index in [-0.39, 0.29) is 30.4 Å². The van der Waals surface area contributed by atoms with Gasteiger partial charge in [0, 0.05) is 25.6 Å². The number of nitrogens with two attached hydrogens (primary N) is 1. The molecule has 2 heterocycles. The normalized spacial score (nSPS) is 29.2. The molecule has 0 bridgehead atoms. The quantitative estimate of drug-likeness (QED) is 0.914. The second-order valence-electron chi connectivity index (χ2n) is 6.07. The predicted octanol–water partition coefficient (Wildman–Crippen LogP) is 1.38. The number of carbonyl (C=O) groups excluding carboxylic acids is 1. The molecule has 1 saturated carbocycles. The molecule has 1 aromatic heterocycles. The molecule has 0 radical (unpaired) electrons. The van der Waals surface area contributed by atoms with Crippen LogP contribution in [0.4, 0.5) is 0 Å². The zero-order valence-electron chi connectivity index (χ0n) is 12.2. The lowest BCUT2D eigenvalue weighted by atomic mass is 9.98. The highest BCUT2D eigenvalue weighted by Gasteiger charge is 2.30. The van der Waals surface area contributed by atoms with Crippen LogP contribution in [0.15, 0.2) is 12.7 Å². The molecule has 118 valence electrons. The molecule has 1 amide bonds. The molecule has 2 N–H and O–H groups in total. The van der Waals surface area contributed by atoms with Gasteiger partial charge in [0.05, 0.1) is 6.04 Å². The lowest BCUT2D eigenvalue weighted by Crippen LogP contribution is -2.42. The van der Waals surface area contributed by atoms with Crippen molar-refractivity contribution in [2.24, 2.45) is 11.7 Å². The summed E-state index contributed by atoms with van der Waals surface area (Å²) in [5.41, 5.74) is 6.07. The Morgan fingerprint density at radius 2 is 2.14 bits per heavy atom. The van der Waals surface area contributed by atoms with Crippen molar-refractivity contribution >= 4 is 18.3 Å². The monoisotopic (exact) mass is 313 g/mol. The lowest BCUT2D eigenvalue weighted by molar-refractivity contribution is -0.134. The van der Waals surface area contributed by atoms with Gasteiger partial charge in [-0.15, -0.1) is 12.4 Å². The zero-order chi connectivity index (χ0) is 13.9. The van der Waals surface area contributed by atoms with Gasteiger partial charge in [0.15, 0.2) is 0 Å². The van der Waals surface area contributed by atoms with Gasteiger partial charge in [-0.3, -0.25) is 4.79 Å². The largest absolute Gasteiger partial charge is 0.341 e. The Hall–Kier alpha value is -1.14. The molecule has 0 aromatic carbocycles. The molecule has 1 aliphatic carbocycles. The Morgan fingerprint density at radius 1 is 1.29 bits per heavy atom. The lowest BCUT2D eigenvalue weighted by Gasteiger charge is -2.33. The summed E-state index contributed by atoms with van der Waals surface area (Å²) in [5.74, 6) is 0.645. The summed E-state index contributed by atoms with van der Waals surface area (Å²) < 4.78 is 1.88. The number of piperidine rings is 1. The fourth-order valence-corrected chi connectivity index (χ4v) is 3.48. The van der Waals surface area contributed by atoms with Gasteiger partial charge >= 0.3 is 0 Å². The molecule has 3 atom stereocenters. The van der Waals surface area contributed by atoms with Crippen molar-refractivity contribution in [2.45, 2.75) is 50.6 Å². The topological polar surface area (TPSA) is 77.0 Å². The molecule has 6 nitrogen and oxygen atoms in total. The van der Waals surface area contributed by atoms with Crippen molar-refractivity contribution in [3.63, 3.8) is 0 Å². The number of likely N-dealkylation sites (tertiary alicyclic amines) is 1. The second kappa shape index (κ2) is 7.22. The predicted molar refractivity (Wildman–Crippen MR) is 82.1 cm³/mol. The smallest absolute Gasteiger partial charge is 0.222 e. The first-order valence-corrected chi connectivity index (χ1v) is 7.61. The van der Waals surface area contributed by atoms with Crippen LogP contribution in [0, 0.1) is 5.92 Å². The summed E-state index contributed by atoms with van der Waals surface area (Å²) in [6.45, 7) is 1.62. The highest BCUT2D eigenvalue weighted by Crippen LogP contribution is 2.28. The summed E-state index contributed by atoms with van der Waals surface area (Å²) in [5, 5.41) is 4.20. The van der Waals surface area contributed by atoms with E-state index in [1.165, 1.54) is 6.42 Å². The van der Waals surface area contributed by atoms with Crippen molar-refractivity contribution in [2.75, 3.05) is 13.1 Å². The van der Waals surface area contributed by atoms with Gasteiger partial charge in [-0.2, -0.15) is 5.10 Å². The first-order chi connectivity index (χ1) is 9.74. The molecule has 1 aromatic rings. The van der Waals surface area contributed by atoms with Crippen LogP contribution in [0.25, 0.3) is 0 Å². The number of nitrogens with zero attached hydrogens (tertiary/aromatic N) is 4. The number of amides is 1. The van der Waals surface area contributed by atoms with E-state index < -0.39 is 0 Å². The SMILES string of the molecule is Cl.N[C@@H]1CCC[C@H]1CC(=O)N1CCCC(n2cncn2)C1. The van der Waals surface area contributed by atoms with Gasteiger partial charge in [0.1, 0.15) is 12.7 Å². The van der Waals surface area contributed by atoms with Gasteiger partial charge < -0.3 is 10.6 Å². The van der Waals surface area contributed by atoms with Crippen LogP contribution >= 0.6 is 12.4 Å². The summed E-state index contributed by atoms with van der Waals surface area (Å²) in [4.78, 5) is 18.4. The fraction of sp³-hybridized carbons (Fsp3) is 0.786. The Morgan fingerprint density at radius 3 is 2.81 bits per heavy atom. The van der Waals surface area contributed by atoms with Crippen molar-refractivity contribution in [1.29, 1.82) is 0 Å². The highest BCUT2D eigenvalue weighted by molar-refractivity contribution is 5.85. The van der Waals surface area contributed by atoms with Crippen molar-refractivity contribution in [3.05, 3.63) is 12.7 Å². The van der Waals surface area contributed by atoms with E-state index in [1.807, 2.05) is 9.58 Å². The van der Waals surface area contributed by atoms with Crippen LogP contribution in [0.1, 0.15) is 44.6 Å². The Labute approximate surface area is 131 Å². The molecule has 2 fully saturated rings. The maximum absolute atomic E-state index is 12.4. The van der Waals surface area contributed by atoms with Gasteiger partial charge in [-0.1, -0.05) is 6.42 Å². The van der Waals surface area contributed by atoms with Gasteiger partial charge in [-0.25, -0.2) is 9.67 Å². The fourth-order valence-electron chi connectivity index (χ4n) is 3.48.